The number of esters is 1. The molecule has 15 heavy (non-hydrogen) atoms. The molecular formula is C11H18FIO2. The largest absolute Gasteiger partial charge is 0.469 e. The second-order valence-corrected chi connectivity index (χ2v) is 4.02. The van der Waals surface area contributed by atoms with E-state index in [-0.39, 0.29) is 11.8 Å². The SMILES string of the molecule is COC(=O)CCCCCCC/C(F)=C\I. The van der Waals surface area contributed by atoms with Gasteiger partial charge in [0.25, 0.3) is 0 Å². The van der Waals surface area contributed by atoms with Gasteiger partial charge in [-0.05, 0) is 19.3 Å². The summed E-state index contributed by atoms with van der Waals surface area (Å²) in [4.78, 5) is 10.7. The maximum atomic E-state index is 12.7. The van der Waals surface area contributed by atoms with Crippen LogP contribution in [0.2, 0.25) is 0 Å². The first-order chi connectivity index (χ1) is 7.20. The predicted molar refractivity (Wildman–Crippen MR) is 67.5 cm³/mol. The number of methoxy groups -OCH3 is 1. The molecule has 0 radical (unpaired) electrons. The summed E-state index contributed by atoms with van der Waals surface area (Å²) in [6.45, 7) is 0. The van der Waals surface area contributed by atoms with E-state index in [1.807, 2.05) is 22.6 Å². The van der Waals surface area contributed by atoms with Crippen molar-refractivity contribution < 1.29 is 13.9 Å². The van der Waals surface area contributed by atoms with Crippen molar-refractivity contribution in [1.82, 2.24) is 0 Å². The molecule has 0 aliphatic carbocycles. The Bertz CT molecular complexity index is 205. The summed E-state index contributed by atoms with van der Waals surface area (Å²) in [6, 6.07) is 0. The Kier molecular flexibility index (Phi) is 10.3. The van der Waals surface area contributed by atoms with Crippen LogP contribution in [0.1, 0.15) is 44.9 Å². The third-order valence-electron chi connectivity index (χ3n) is 2.14. The van der Waals surface area contributed by atoms with Gasteiger partial charge in [-0.15, -0.1) is 0 Å². The van der Waals surface area contributed by atoms with Crippen LogP contribution in [0.5, 0.6) is 0 Å². The Balaban J connectivity index is 3.15. The second kappa shape index (κ2) is 10.4. The van der Waals surface area contributed by atoms with Gasteiger partial charge in [-0.3, -0.25) is 4.79 Å². The minimum absolute atomic E-state index is 0.0369. The van der Waals surface area contributed by atoms with Crippen LogP contribution in [-0.4, -0.2) is 13.1 Å². The number of hydrogen-bond acceptors (Lipinski definition) is 2. The van der Waals surface area contributed by atoms with Gasteiger partial charge < -0.3 is 4.74 Å². The topological polar surface area (TPSA) is 26.3 Å². The molecule has 0 bridgehead atoms. The summed E-state index contributed by atoms with van der Waals surface area (Å²) < 4.78 is 18.7. The van der Waals surface area contributed by atoms with Crippen LogP contribution in [-0.2, 0) is 9.53 Å². The van der Waals surface area contributed by atoms with Gasteiger partial charge in [0.15, 0.2) is 0 Å². The van der Waals surface area contributed by atoms with Crippen LogP contribution < -0.4 is 0 Å². The fourth-order valence-electron chi connectivity index (χ4n) is 1.25. The van der Waals surface area contributed by atoms with E-state index in [1.54, 1.807) is 0 Å². The zero-order valence-corrected chi connectivity index (χ0v) is 11.3. The Labute approximate surface area is 104 Å². The minimum Gasteiger partial charge on any atom is -0.469 e. The Morgan fingerprint density at radius 3 is 2.27 bits per heavy atom. The van der Waals surface area contributed by atoms with Gasteiger partial charge in [-0.1, -0.05) is 41.9 Å². The number of halogens is 2. The van der Waals surface area contributed by atoms with E-state index in [0.717, 1.165) is 32.1 Å². The molecule has 0 aromatic rings. The lowest BCUT2D eigenvalue weighted by atomic mass is 10.1. The first-order valence-corrected chi connectivity index (χ1v) is 6.47. The van der Waals surface area contributed by atoms with Crippen LogP contribution in [0.3, 0.4) is 0 Å². The molecule has 0 saturated heterocycles. The fraction of sp³-hybridized carbons (Fsp3) is 0.727. The van der Waals surface area contributed by atoms with E-state index in [0.29, 0.717) is 12.8 Å². The Morgan fingerprint density at radius 1 is 1.20 bits per heavy atom. The van der Waals surface area contributed by atoms with Gasteiger partial charge in [0.1, 0.15) is 5.83 Å². The van der Waals surface area contributed by atoms with Gasteiger partial charge >= 0.3 is 5.97 Å². The highest BCUT2D eigenvalue weighted by Crippen LogP contribution is 2.13. The van der Waals surface area contributed by atoms with E-state index < -0.39 is 0 Å². The molecule has 0 heterocycles. The quantitative estimate of drug-likeness (QED) is 0.380. The van der Waals surface area contributed by atoms with Crippen molar-refractivity contribution in [3.05, 3.63) is 9.91 Å². The first-order valence-electron chi connectivity index (χ1n) is 5.22. The van der Waals surface area contributed by atoms with E-state index >= 15 is 0 Å². The molecule has 0 N–H and O–H groups in total. The van der Waals surface area contributed by atoms with Crippen molar-refractivity contribution in [2.75, 3.05) is 7.11 Å². The van der Waals surface area contributed by atoms with Gasteiger partial charge in [0, 0.05) is 10.5 Å². The van der Waals surface area contributed by atoms with E-state index in [2.05, 4.69) is 4.74 Å². The van der Waals surface area contributed by atoms with Crippen molar-refractivity contribution in [1.29, 1.82) is 0 Å². The van der Waals surface area contributed by atoms with E-state index in [9.17, 15) is 9.18 Å². The van der Waals surface area contributed by atoms with Gasteiger partial charge in [-0.25, -0.2) is 4.39 Å². The van der Waals surface area contributed by atoms with Crippen LogP contribution in [0.15, 0.2) is 9.91 Å². The normalized spacial score (nSPS) is 11.5. The number of hydrogen-bond donors (Lipinski definition) is 0. The van der Waals surface area contributed by atoms with Crippen molar-refractivity contribution in [2.24, 2.45) is 0 Å². The summed E-state index contributed by atoms with van der Waals surface area (Å²) in [5.74, 6) is -0.181. The molecule has 0 unspecified atom stereocenters. The number of unbranched alkanes of at least 4 members (excludes halogenated alkanes) is 4. The maximum Gasteiger partial charge on any atom is 0.305 e. The minimum atomic E-state index is -0.145. The lowest BCUT2D eigenvalue weighted by Crippen LogP contribution is -1.99. The van der Waals surface area contributed by atoms with E-state index in [1.165, 1.54) is 11.2 Å². The molecule has 0 aromatic carbocycles. The third kappa shape index (κ3) is 10.2. The third-order valence-corrected chi connectivity index (χ3v) is 2.82. The molecule has 2 nitrogen and oxygen atoms in total. The van der Waals surface area contributed by atoms with Gasteiger partial charge in [0.05, 0.1) is 7.11 Å². The molecule has 0 rings (SSSR count). The lowest BCUT2D eigenvalue weighted by molar-refractivity contribution is -0.140. The summed E-state index contributed by atoms with van der Waals surface area (Å²) in [5.41, 5.74) is 0. The second-order valence-electron chi connectivity index (χ2n) is 3.40. The molecule has 0 aliphatic rings. The van der Waals surface area contributed by atoms with Crippen LogP contribution in [0.4, 0.5) is 4.39 Å². The smallest absolute Gasteiger partial charge is 0.305 e. The van der Waals surface area contributed by atoms with Crippen molar-refractivity contribution >= 4 is 28.6 Å². The van der Waals surface area contributed by atoms with Gasteiger partial charge in [-0.2, -0.15) is 0 Å². The molecule has 0 saturated carbocycles. The van der Waals surface area contributed by atoms with Crippen molar-refractivity contribution in [3.63, 3.8) is 0 Å². The average Bonchev–Trinajstić information content (AvgIpc) is 2.26. The molecule has 0 aromatic heterocycles. The van der Waals surface area contributed by atoms with Gasteiger partial charge in [0.2, 0.25) is 0 Å². The van der Waals surface area contributed by atoms with Crippen LogP contribution in [0.25, 0.3) is 0 Å². The van der Waals surface area contributed by atoms with E-state index in [4.69, 9.17) is 0 Å². The number of rotatable bonds is 8. The Hall–Kier alpha value is -0.130. The molecule has 0 spiro atoms. The maximum absolute atomic E-state index is 12.7. The van der Waals surface area contributed by atoms with Crippen molar-refractivity contribution in [3.8, 4) is 0 Å². The summed E-state index contributed by atoms with van der Waals surface area (Å²) in [6.07, 6.45) is 5.91. The number of carbonyl (C=O) groups is 1. The number of allylic oxidation sites excluding steroid dienone is 1. The predicted octanol–water partition coefficient (Wildman–Crippen LogP) is 4.14. The molecule has 0 fully saturated rings. The molecule has 0 aliphatic heterocycles. The lowest BCUT2D eigenvalue weighted by Gasteiger charge is -2.00. The van der Waals surface area contributed by atoms with Crippen molar-refractivity contribution in [2.45, 2.75) is 44.9 Å². The highest BCUT2D eigenvalue weighted by atomic mass is 127. The highest BCUT2D eigenvalue weighted by molar-refractivity contribution is 14.1. The zero-order chi connectivity index (χ0) is 11.5. The molecule has 4 heteroatoms. The number of carbonyl (C=O) groups excluding carboxylic acids is 1. The summed E-state index contributed by atoms with van der Waals surface area (Å²) >= 11 is 1.91. The average molecular weight is 328 g/mol. The molecular weight excluding hydrogens is 310 g/mol. The molecule has 0 atom stereocenters. The Morgan fingerprint density at radius 2 is 1.73 bits per heavy atom. The monoisotopic (exact) mass is 328 g/mol. The fourth-order valence-corrected chi connectivity index (χ4v) is 1.56. The first kappa shape index (κ1) is 14.9. The standard InChI is InChI=1S/C11H18FIO2/c1-15-11(14)8-6-4-2-3-5-7-10(12)9-13/h9H,2-8H2,1H3/b10-9+. The zero-order valence-electron chi connectivity index (χ0n) is 9.10. The highest BCUT2D eigenvalue weighted by Gasteiger charge is 1.99. The van der Waals surface area contributed by atoms with Crippen LogP contribution >= 0.6 is 22.6 Å². The summed E-state index contributed by atoms with van der Waals surface area (Å²) in [7, 11) is 1.40. The number of ether oxygens (including phenoxy) is 1. The summed E-state index contributed by atoms with van der Waals surface area (Å²) in [5, 5.41) is 0. The molecule has 0 amide bonds. The molecule has 88 valence electrons. The van der Waals surface area contributed by atoms with Crippen LogP contribution in [0, 0.1) is 0 Å².